The van der Waals surface area contributed by atoms with Crippen LogP contribution in [0.5, 0.6) is 0 Å². The molecule has 0 fully saturated rings. The Balaban J connectivity index is 2.85. The molecule has 0 spiro atoms. The molecule has 0 aromatic carbocycles. The van der Waals surface area contributed by atoms with Crippen molar-refractivity contribution in [3.05, 3.63) is 0 Å². The Morgan fingerprint density at radius 3 is 2.73 bits per heavy atom. The first-order valence-corrected chi connectivity index (χ1v) is 5.31. The molecule has 0 aliphatic heterocycles. The van der Waals surface area contributed by atoms with Gasteiger partial charge in [-0.05, 0) is 21.3 Å². The van der Waals surface area contributed by atoms with E-state index in [1.807, 2.05) is 0 Å². The van der Waals surface area contributed by atoms with E-state index in [1.165, 1.54) is 25.7 Å². The van der Waals surface area contributed by atoms with Crippen LogP contribution in [0.1, 0.15) is 32.6 Å². The molecule has 0 saturated carbocycles. The third-order valence-corrected chi connectivity index (χ3v) is 2.43. The summed E-state index contributed by atoms with van der Waals surface area (Å²) in [6, 6.07) is 0. The topological polar surface area (TPSA) is 61.9 Å². The van der Waals surface area contributed by atoms with Gasteiger partial charge < -0.3 is 10.8 Å². The SMILES string of the molecule is CCCCCCPNC(=N)N. The van der Waals surface area contributed by atoms with Gasteiger partial charge in [-0.3, -0.25) is 5.41 Å². The Labute approximate surface area is 70.5 Å². The third-order valence-electron chi connectivity index (χ3n) is 1.38. The molecule has 11 heavy (non-hydrogen) atoms. The van der Waals surface area contributed by atoms with Crippen LogP contribution < -0.4 is 10.8 Å². The molecule has 4 N–H and O–H groups in total. The van der Waals surface area contributed by atoms with Gasteiger partial charge >= 0.3 is 0 Å². The van der Waals surface area contributed by atoms with Crippen molar-refractivity contribution >= 4 is 14.7 Å². The van der Waals surface area contributed by atoms with Gasteiger partial charge in [0.25, 0.3) is 0 Å². The van der Waals surface area contributed by atoms with Crippen LogP contribution >= 0.6 is 8.73 Å². The highest BCUT2D eigenvalue weighted by molar-refractivity contribution is 7.36. The molecule has 0 aromatic heterocycles. The monoisotopic (exact) mass is 175 g/mol. The Kier molecular flexibility index (Phi) is 7.59. The molecule has 0 bridgehead atoms. The van der Waals surface area contributed by atoms with Crippen molar-refractivity contribution < 1.29 is 0 Å². The highest BCUT2D eigenvalue weighted by Gasteiger charge is 1.88. The quantitative estimate of drug-likeness (QED) is 0.249. The second-order valence-corrected chi connectivity index (χ2v) is 3.63. The third kappa shape index (κ3) is 9.70. The van der Waals surface area contributed by atoms with E-state index in [-0.39, 0.29) is 5.96 Å². The molecule has 0 aliphatic rings. The van der Waals surface area contributed by atoms with Crippen LogP contribution in [0.3, 0.4) is 0 Å². The van der Waals surface area contributed by atoms with Crippen molar-refractivity contribution in [2.24, 2.45) is 5.73 Å². The van der Waals surface area contributed by atoms with Gasteiger partial charge in [-0.1, -0.05) is 26.2 Å². The Bertz CT molecular complexity index is 106. The summed E-state index contributed by atoms with van der Waals surface area (Å²) >= 11 is 0. The molecular formula is C7H18N3P. The molecule has 0 radical (unpaired) electrons. The second-order valence-electron chi connectivity index (χ2n) is 2.53. The molecule has 0 heterocycles. The summed E-state index contributed by atoms with van der Waals surface area (Å²) in [5.74, 6) is 0.0961. The van der Waals surface area contributed by atoms with Crippen LogP contribution in [0.15, 0.2) is 0 Å². The fraction of sp³-hybridized carbons (Fsp3) is 0.857. The molecule has 0 amide bonds. The lowest BCUT2D eigenvalue weighted by molar-refractivity contribution is 0.705. The summed E-state index contributed by atoms with van der Waals surface area (Å²) in [5, 5.41) is 9.70. The first-order valence-electron chi connectivity index (χ1n) is 4.10. The maximum absolute atomic E-state index is 6.88. The molecule has 0 saturated heterocycles. The van der Waals surface area contributed by atoms with E-state index in [2.05, 4.69) is 12.0 Å². The van der Waals surface area contributed by atoms with E-state index in [0.29, 0.717) is 8.73 Å². The van der Waals surface area contributed by atoms with Crippen LogP contribution in [0.2, 0.25) is 0 Å². The first kappa shape index (κ1) is 10.7. The summed E-state index contributed by atoms with van der Waals surface area (Å²) in [5.41, 5.74) is 5.11. The summed E-state index contributed by atoms with van der Waals surface area (Å²) in [6.07, 6.45) is 6.32. The average Bonchev–Trinajstić information content (AvgIpc) is 1.96. The summed E-state index contributed by atoms with van der Waals surface area (Å²) in [6.45, 7) is 2.20. The number of unbranched alkanes of at least 4 members (excludes halogenated alkanes) is 3. The zero-order chi connectivity index (χ0) is 8.53. The summed E-state index contributed by atoms with van der Waals surface area (Å²) in [7, 11) is 0.624. The molecule has 66 valence electrons. The van der Waals surface area contributed by atoms with Gasteiger partial charge in [-0.25, -0.2) is 0 Å². The van der Waals surface area contributed by atoms with Gasteiger partial charge in [0.1, 0.15) is 0 Å². The molecule has 1 atom stereocenters. The van der Waals surface area contributed by atoms with E-state index < -0.39 is 0 Å². The van der Waals surface area contributed by atoms with Gasteiger partial charge in [0.2, 0.25) is 0 Å². The summed E-state index contributed by atoms with van der Waals surface area (Å²) < 4.78 is 0. The van der Waals surface area contributed by atoms with Crippen molar-refractivity contribution in [3.8, 4) is 0 Å². The van der Waals surface area contributed by atoms with Gasteiger partial charge in [0.15, 0.2) is 5.96 Å². The highest BCUT2D eigenvalue weighted by atomic mass is 31.1. The van der Waals surface area contributed by atoms with Crippen molar-refractivity contribution in [2.75, 3.05) is 6.16 Å². The van der Waals surface area contributed by atoms with Gasteiger partial charge in [-0.15, -0.1) is 0 Å². The predicted octanol–water partition coefficient (Wildman–Crippen LogP) is 1.64. The molecule has 3 nitrogen and oxygen atoms in total. The number of hydrogen-bond donors (Lipinski definition) is 3. The van der Waals surface area contributed by atoms with E-state index in [9.17, 15) is 0 Å². The number of nitrogens with one attached hydrogen (secondary N) is 2. The fourth-order valence-electron chi connectivity index (χ4n) is 0.798. The normalized spacial score (nSPS) is 10.6. The lowest BCUT2D eigenvalue weighted by Gasteiger charge is -2.02. The average molecular weight is 175 g/mol. The zero-order valence-corrected chi connectivity index (χ0v) is 8.11. The molecule has 0 aromatic rings. The molecule has 1 unspecified atom stereocenters. The smallest absolute Gasteiger partial charge is 0.188 e. The van der Waals surface area contributed by atoms with E-state index in [4.69, 9.17) is 11.1 Å². The minimum atomic E-state index is 0.0961. The Hall–Kier alpha value is -0.300. The van der Waals surface area contributed by atoms with Gasteiger partial charge in [-0.2, -0.15) is 0 Å². The van der Waals surface area contributed by atoms with Crippen LogP contribution in [0, 0.1) is 5.41 Å². The predicted molar refractivity (Wildman–Crippen MR) is 52.4 cm³/mol. The van der Waals surface area contributed by atoms with Crippen LogP contribution in [-0.2, 0) is 0 Å². The van der Waals surface area contributed by atoms with Crippen molar-refractivity contribution in [1.29, 1.82) is 5.41 Å². The Morgan fingerprint density at radius 1 is 1.45 bits per heavy atom. The molecule has 0 aliphatic carbocycles. The number of hydrogen-bond acceptors (Lipinski definition) is 1. The van der Waals surface area contributed by atoms with Crippen LogP contribution in [0.4, 0.5) is 0 Å². The van der Waals surface area contributed by atoms with E-state index >= 15 is 0 Å². The van der Waals surface area contributed by atoms with Gasteiger partial charge in [0, 0.05) is 0 Å². The molecular weight excluding hydrogens is 157 g/mol. The van der Waals surface area contributed by atoms with Crippen molar-refractivity contribution in [3.63, 3.8) is 0 Å². The maximum Gasteiger partial charge on any atom is 0.188 e. The minimum Gasteiger partial charge on any atom is -0.370 e. The largest absolute Gasteiger partial charge is 0.370 e. The maximum atomic E-state index is 6.88. The summed E-state index contributed by atoms with van der Waals surface area (Å²) in [4.78, 5) is 0. The lowest BCUT2D eigenvalue weighted by atomic mass is 10.2. The standard InChI is InChI=1S/C7H18N3P/c1-2-3-4-5-6-11-10-7(8)9/h11H,2-6H2,1H3,(H4,8,9,10). The number of guanidine groups is 1. The van der Waals surface area contributed by atoms with Crippen LogP contribution in [-0.4, -0.2) is 12.1 Å². The van der Waals surface area contributed by atoms with E-state index in [1.54, 1.807) is 0 Å². The highest BCUT2D eigenvalue weighted by Crippen LogP contribution is 2.08. The Morgan fingerprint density at radius 2 is 2.18 bits per heavy atom. The van der Waals surface area contributed by atoms with Crippen molar-refractivity contribution in [1.82, 2.24) is 5.09 Å². The number of rotatable bonds is 6. The van der Waals surface area contributed by atoms with Crippen molar-refractivity contribution in [2.45, 2.75) is 32.6 Å². The van der Waals surface area contributed by atoms with Gasteiger partial charge in [0.05, 0.1) is 0 Å². The minimum absolute atomic E-state index is 0.0961. The fourth-order valence-corrected chi connectivity index (χ4v) is 1.54. The van der Waals surface area contributed by atoms with E-state index in [0.717, 1.165) is 6.16 Å². The molecule has 0 rings (SSSR count). The van der Waals surface area contributed by atoms with Crippen LogP contribution in [0.25, 0.3) is 0 Å². The lowest BCUT2D eigenvalue weighted by Crippen LogP contribution is -2.23. The first-order chi connectivity index (χ1) is 5.27. The molecule has 4 heteroatoms. The zero-order valence-electron chi connectivity index (χ0n) is 7.11. The second kappa shape index (κ2) is 7.80. The number of nitrogens with two attached hydrogens (primary N) is 1.